The van der Waals surface area contributed by atoms with Crippen LogP contribution in [0.5, 0.6) is 5.75 Å². The molecular weight excluding hydrogens is 258 g/mol. The third-order valence-corrected chi connectivity index (χ3v) is 5.05. The van der Waals surface area contributed by atoms with Crippen LogP contribution in [-0.2, 0) is 5.41 Å². The molecule has 2 aliphatic rings. The first-order valence-corrected chi connectivity index (χ1v) is 7.78. The number of halogens is 1. The Morgan fingerprint density at radius 1 is 1.21 bits per heavy atom. The second-order valence-electron chi connectivity index (χ2n) is 6.00. The summed E-state index contributed by atoms with van der Waals surface area (Å²) >= 11 is 6.20. The SMILES string of the molecule is NCC1(c2cc(Cl)ccc2OC2CCC2)CCCC1. The van der Waals surface area contributed by atoms with E-state index in [2.05, 4.69) is 6.07 Å². The van der Waals surface area contributed by atoms with E-state index in [-0.39, 0.29) is 5.41 Å². The van der Waals surface area contributed by atoms with Gasteiger partial charge < -0.3 is 10.5 Å². The summed E-state index contributed by atoms with van der Waals surface area (Å²) in [5.74, 6) is 1.02. The molecular formula is C16H22ClNO. The standard InChI is InChI=1S/C16H22ClNO/c17-12-6-7-15(19-13-4-3-5-13)14(10-12)16(11-18)8-1-2-9-16/h6-7,10,13H,1-5,8-9,11,18H2. The van der Waals surface area contributed by atoms with Gasteiger partial charge in [0, 0.05) is 22.5 Å². The Kier molecular flexibility index (Phi) is 3.72. The normalized spacial score (nSPS) is 22.2. The average Bonchev–Trinajstić information content (AvgIpc) is 2.85. The molecule has 1 aromatic rings. The van der Waals surface area contributed by atoms with Gasteiger partial charge in [0.1, 0.15) is 5.75 Å². The minimum atomic E-state index is 0.0873. The highest BCUT2D eigenvalue weighted by molar-refractivity contribution is 6.30. The maximum absolute atomic E-state index is 6.20. The topological polar surface area (TPSA) is 35.2 Å². The molecule has 0 atom stereocenters. The molecule has 1 aromatic carbocycles. The lowest BCUT2D eigenvalue weighted by Crippen LogP contribution is -2.34. The summed E-state index contributed by atoms with van der Waals surface area (Å²) < 4.78 is 6.16. The molecule has 0 aromatic heterocycles. The van der Waals surface area contributed by atoms with Crippen LogP contribution in [0.2, 0.25) is 5.02 Å². The molecule has 2 fully saturated rings. The molecule has 0 saturated heterocycles. The predicted octanol–water partition coefficient (Wildman–Crippen LogP) is 4.04. The van der Waals surface area contributed by atoms with Gasteiger partial charge in [0.05, 0.1) is 6.10 Å². The highest BCUT2D eigenvalue weighted by Crippen LogP contribution is 2.45. The van der Waals surface area contributed by atoms with Crippen LogP contribution in [0.4, 0.5) is 0 Å². The zero-order valence-corrected chi connectivity index (χ0v) is 12.1. The van der Waals surface area contributed by atoms with Crippen molar-refractivity contribution in [2.45, 2.75) is 56.5 Å². The van der Waals surface area contributed by atoms with Gasteiger partial charge in [-0.3, -0.25) is 0 Å². The second kappa shape index (κ2) is 5.34. The van der Waals surface area contributed by atoms with Crippen molar-refractivity contribution in [2.75, 3.05) is 6.54 Å². The highest BCUT2D eigenvalue weighted by Gasteiger charge is 2.37. The van der Waals surface area contributed by atoms with Crippen molar-refractivity contribution in [2.24, 2.45) is 5.73 Å². The lowest BCUT2D eigenvalue weighted by Gasteiger charge is -2.33. The first-order valence-electron chi connectivity index (χ1n) is 7.40. The largest absolute Gasteiger partial charge is 0.490 e. The minimum Gasteiger partial charge on any atom is -0.490 e. The van der Waals surface area contributed by atoms with Crippen molar-refractivity contribution in [3.05, 3.63) is 28.8 Å². The van der Waals surface area contributed by atoms with Crippen LogP contribution in [0.15, 0.2) is 18.2 Å². The molecule has 104 valence electrons. The quantitative estimate of drug-likeness (QED) is 0.903. The Morgan fingerprint density at radius 3 is 2.53 bits per heavy atom. The van der Waals surface area contributed by atoms with Crippen molar-refractivity contribution < 1.29 is 4.74 Å². The van der Waals surface area contributed by atoms with E-state index in [1.165, 1.54) is 37.7 Å². The van der Waals surface area contributed by atoms with Crippen LogP contribution in [-0.4, -0.2) is 12.6 Å². The third-order valence-electron chi connectivity index (χ3n) is 4.81. The smallest absolute Gasteiger partial charge is 0.123 e. The molecule has 0 unspecified atom stereocenters. The van der Waals surface area contributed by atoms with E-state index in [9.17, 15) is 0 Å². The lowest BCUT2D eigenvalue weighted by atomic mass is 9.78. The Labute approximate surface area is 120 Å². The summed E-state index contributed by atoms with van der Waals surface area (Å²) in [6.07, 6.45) is 8.87. The van der Waals surface area contributed by atoms with Gasteiger partial charge in [-0.15, -0.1) is 0 Å². The summed E-state index contributed by atoms with van der Waals surface area (Å²) in [5.41, 5.74) is 7.43. The Balaban J connectivity index is 1.94. The first kappa shape index (κ1) is 13.3. The number of ether oxygens (including phenoxy) is 1. The van der Waals surface area contributed by atoms with Crippen LogP contribution in [0.3, 0.4) is 0 Å². The van der Waals surface area contributed by atoms with E-state index in [0.29, 0.717) is 12.6 Å². The predicted molar refractivity (Wildman–Crippen MR) is 78.9 cm³/mol. The minimum absolute atomic E-state index is 0.0873. The van der Waals surface area contributed by atoms with E-state index in [1.54, 1.807) is 0 Å². The first-order chi connectivity index (χ1) is 9.23. The lowest BCUT2D eigenvalue weighted by molar-refractivity contribution is 0.117. The molecule has 0 bridgehead atoms. The van der Waals surface area contributed by atoms with E-state index in [4.69, 9.17) is 22.1 Å². The van der Waals surface area contributed by atoms with Crippen molar-refractivity contribution in [3.63, 3.8) is 0 Å². The number of hydrogen-bond acceptors (Lipinski definition) is 2. The molecule has 0 amide bonds. The Bertz CT molecular complexity index is 450. The molecule has 2 nitrogen and oxygen atoms in total. The van der Waals surface area contributed by atoms with Crippen LogP contribution in [0, 0.1) is 0 Å². The van der Waals surface area contributed by atoms with E-state index in [1.807, 2.05) is 12.1 Å². The molecule has 3 rings (SSSR count). The maximum Gasteiger partial charge on any atom is 0.123 e. The van der Waals surface area contributed by atoms with Crippen molar-refractivity contribution >= 4 is 11.6 Å². The van der Waals surface area contributed by atoms with Crippen LogP contribution >= 0.6 is 11.6 Å². The number of nitrogens with two attached hydrogens (primary N) is 1. The van der Waals surface area contributed by atoms with Gasteiger partial charge >= 0.3 is 0 Å². The van der Waals surface area contributed by atoms with Gasteiger partial charge in [-0.2, -0.15) is 0 Å². The molecule has 0 spiro atoms. The molecule has 2 aliphatic carbocycles. The fraction of sp³-hybridized carbons (Fsp3) is 0.625. The van der Waals surface area contributed by atoms with Gasteiger partial charge in [0.2, 0.25) is 0 Å². The summed E-state index contributed by atoms with van der Waals surface area (Å²) in [6.45, 7) is 0.689. The summed E-state index contributed by atoms with van der Waals surface area (Å²) in [7, 11) is 0. The molecule has 3 heteroatoms. The van der Waals surface area contributed by atoms with E-state index < -0.39 is 0 Å². The molecule has 0 heterocycles. The van der Waals surface area contributed by atoms with Crippen LogP contribution in [0.25, 0.3) is 0 Å². The highest BCUT2D eigenvalue weighted by atomic mass is 35.5. The zero-order valence-electron chi connectivity index (χ0n) is 11.3. The Hall–Kier alpha value is -0.730. The molecule has 19 heavy (non-hydrogen) atoms. The third kappa shape index (κ3) is 2.48. The van der Waals surface area contributed by atoms with Crippen molar-refractivity contribution in [1.29, 1.82) is 0 Å². The molecule has 2 saturated carbocycles. The summed E-state index contributed by atoms with van der Waals surface area (Å²) in [5, 5.41) is 0.788. The molecule has 0 aliphatic heterocycles. The average molecular weight is 280 g/mol. The van der Waals surface area contributed by atoms with Crippen LogP contribution < -0.4 is 10.5 Å². The maximum atomic E-state index is 6.20. The fourth-order valence-electron chi connectivity index (χ4n) is 3.32. The van der Waals surface area contributed by atoms with E-state index >= 15 is 0 Å². The fourth-order valence-corrected chi connectivity index (χ4v) is 3.49. The summed E-state index contributed by atoms with van der Waals surface area (Å²) in [6, 6.07) is 6.04. The van der Waals surface area contributed by atoms with Gasteiger partial charge in [-0.1, -0.05) is 24.4 Å². The van der Waals surface area contributed by atoms with Gasteiger partial charge in [0.15, 0.2) is 0 Å². The molecule has 2 N–H and O–H groups in total. The monoisotopic (exact) mass is 279 g/mol. The number of rotatable bonds is 4. The van der Waals surface area contributed by atoms with Gasteiger partial charge in [-0.25, -0.2) is 0 Å². The van der Waals surface area contributed by atoms with Gasteiger partial charge in [0.25, 0.3) is 0 Å². The van der Waals surface area contributed by atoms with Gasteiger partial charge in [-0.05, 0) is 50.3 Å². The van der Waals surface area contributed by atoms with Crippen LogP contribution in [0.1, 0.15) is 50.5 Å². The van der Waals surface area contributed by atoms with Crippen molar-refractivity contribution in [1.82, 2.24) is 0 Å². The number of benzene rings is 1. The summed E-state index contributed by atoms with van der Waals surface area (Å²) in [4.78, 5) is 0. The zero-order chi connectivity index (χ0) is 13.3. The molecule has 0 radical (unpaired) electrons. The second-order valence-corrected chi connectivity index (χ2v) is 6.44. The Morgan fingerprint density at radius 2 is 1.95 bits per heavy atom. The van der Waals surface area contributed by atoms with Crippen molar-refractivity contribution in [3.8, 4) is 5.75 Å². The van der Waals surface area contributed by atoms with E-state index in [0.717, 1.165) is 23.6 Å². The number of hydrogen-bond donors (Lipinski definition) is 1.